The van der Waals surface area contributed by atoms with E-state index in [1.807, 2.05) is 0 Å². The van der Waals surface area contributed by atoms with E-state index in [9.17, 15) is 13.2 Å². The van der Waals surface area contributed by atoms with Crippen molar-refractivity contribution in [2.24, 2.45) is 13.0 Å². The van der Waals surface area contributed by atoms with Crippen LogP contribution in [-0.4, -0.2) is 35.0 Å². The van der Waals surface area contributed by atoms with Gasteiger partial charge in [0, 0.05) is 18.8 Å². The molecule has 0 saturated heterocycles. The summed E-state index contributed by atoms with van der Waals surface area (Å²) in [5, 5.41) is 12.9. The van der Waals surface area contributed by atoms with Gasteiger partial charge in [-0.15, -0.1) is 0 Å². The molecule has 0 aromatic carbocycles. The van der Waals surface area contributed by atoms with Gasteiger partial charge < -0.3 is 5.11 Å². The lowest BCUT2D eigenvalue weighted by Gasteiger charge is -2.14. The van der Waals surface area contributed by atoms with Crippen molar-refractivity contribution in [2.45, 2.75) is 19.9 Å². The van der Waals surface area contributed by atoms with Crippen molar-refractivity contribution in [2.75, 3.05) is 5.75 Å². The highest BCUT2D eigenvalue weighted by Crippen LogP contribution is 2.14. The molecule has 0 spiro atoms. The molecule has 1 aromatic heterocycles. The lowest BCUT2D eigenvalue weighted by atomic mass is 10.2. The molecule has 18 heavy (non-hydrogen) atoms. The summed E-state index contributed by atoms with van der Waals surface area (Å²) in [7, 11) is -2.00. The van der Waals surface area contributed by atoms with E-state index in [0.717, 1.165) is 0 Å². The molecular weight excluding hydrogens is 258 g/mol. The Kier molecular flexibility index (Phi) is 4.47. The Balaban J connectivity index is 2.92. The van der Waals surface area contributed by atoms with E-state index in [-0.39, 0.29) is 11.7 Å². The van der Waals surface area contributed by atoms with Crippen LogP contribution in [0.3, 0.4) is 0 Å². The third kappa shape index (κ3) is 4.11. The maximum atomic E-state index is 11.7. The SMILES string of the molecule is CC(C)CS(=O)(=O)NC(C(=O)O)c1cnn(C)c1. The van der Waals surface area contributed by atoms with Gasteiger partial charge in [-0.05, 0) is 5.92 Å². The molecule has 7 nitrogen and oxygen atoms in total. The van der Waals surface area contributed by atoms with Gasteiger partial charge >= 0.3 is 5.97 Å². The number of aryl methyl sites for hydroxylation is 1. The molecule has 8 heteroatoms. The second-order valence-corrected chi connectivity index (χ2v) is 6.31. The fourth-order valence-corrected chi connectivity index (χ4v) is 3.09. The lowest BCUT2D eigenvalue weighted by Crippen LogP contribution is -2.36. The van der Waals surface area contributed by atoms with Gasteiger partial charge in [0.25, 0.3) is 0 Å². The minimum Gasteiger partial charge on any atom is -0.480 e. The monoisotopic (exact) mass is 275 g/mol. The molecule has 1 heterocycles. The third-order valence-electron chi connectivity index (χ3n) is 2.16. The van der Waals surface area contributed by atoms with E-state index in [1.54, 1.807) is 20.9 Å². The van der Waals surface area contributed by atoms with Crippen molar-refractivity contribution in [3.63, 3.8) is 0 Å². The molecule has 0 bridgehead atoms. The molecular formula is C10H17N3O4S. The van der Waals surface area contributed by atoms with Crippen LogP contribution in [0.4, 0.5) is 0 Å². The van der Waals surface area contributed by atoms with Crippen molar-refractivity contribution >= 4 is 16.0 Å². The van der Waals surface area contributed by atoms with Gasteiger partial charge in [0.2, 0.25) is 10.0 Å². The molecule has 1 rings (SSSR count). The highest BCUT2D eigenvalue weighted by molar-refractivity contribution is 7.89. The second kappa shape index (κ2) is 5.49. The van der Waals surface area contributed by atoms with Crippen LogP contribution in [0.15, 0.2) is 12.4 Å². The van der Waals surface area contributed by atoms with Crippen molar-refractivity contribution < 1.29 is 18.3 Å². The summed E-state index contributed by atoms with van der Waals surface area (Å²) >= 11 is 0. The van der Waals surface area contributed by atoms with Crippen LogP contribution < -0.4 is 4.72 Å². The van der Waals surface area contributed by atoms with Crippen LogP contribution in [0.2, 0.25) is 0 Å². The van der Waals surface area contributed by atoms with E-state index in [4.69, 9.17) is 5.11 Å². The normalized spacial score (nSPS) is 13.8. The summed E-state index contributed by atoms with van der Waals surface area (Å²) in [6, 6.07) is -1.30. The molecule has 1 unspecified atom stereocenters. The Labute approximate surface area is 106 Å². The number of aliphatic carboxylic acids is 1. The predicted octanol–water partition coefficient (Wildman–Crippen LogP) is 0.121. The first-order valence-electron chi connectivity index (χ1n) is 5.42. The first-order chi connectivity index (χ1) is 8.21. The van der Waals surface area contributed by atoms with Gasteiger partial charge in [0.05, 0.1) is 11.9 Å². The molecule has 0 radical (unpaired) electrons. The molecule has 1 atom stereocenters. The minimum absolute atomic E-state index is 0.0779. The summed E-state index contributed by atoms with van der Waals surface area (Å²) < 4.78 is 27.1. The average molecular weight is 275 g/mol. The topological polar surface area (TPSA) is 101 Å². The molecule has 0 aliphatic carbocycles. The van der Waals surface area contributed by atoms with Crippen LogP contribution in [-0.2, 0) is 21.9 Å². The number of nitrogens with one attached hydrogen (secondary N) is 1. The highest BCUT2D eigenvalue weighted by Gasteiger charge is 2.27. The number of carbonyl (C=O) groups is 1. The number of nitrogens with zero attached hydrogens (tertiary/aromatic N) is 2. The lowest BCUT2D eigenvalue weighted by molar-refractivity contribution is -0.139. The number of sulfonamides is 1. The van der Waals surface area contributed by atoms with E-state index in [1.165, 1.54) is 17.1 Å². The molecule has 0 amide bonds. The van der Waals surface area contributed by atoms with E-state index >= 15 is 0 Å². The van der Waals surface area contributed by atoms with Crippen LogP contribution >= 0.6 is 0 Å². The molecule has 0 aliphatic heterocycles. The fraction of sp³-hybridized carbons (Fsp3) is 0.600. The van der Waals surface area contributed by atoms with E-state index in [0.29, 0.717) is 5.56 Å². The Hall–Kier alpha value is -1.41. The average Bonchev–Trinajstić information content (AvgIpc) is 2.58. The zero-order valence-corrected chi connectivity index (χ0v) is 11.3. The predicted molar refractivity (Wildman–Crippen MR) is 65.3 cm³/mol. The first-order valence-corrected chi connectivity index (χ1v) is 7.08. The van der Waals surface area contributed by atoms with Gasteiger partial charge in [-0.2, -0.15) is 9.82 Å². The number of rotatable bonds is 6. The molecule has 0 fully saturated rings. The van der Waals surface area contributed by atoms with E-state index < -0.39 is 22.0 Å². The minimum atomic E-state index is -3.63. The smallest absolute Gasteiger partial charge is 0.326 e. The Morgan fingerprint density at radius 2 is 2.17 bits per heavy atom. The van der Waals surface area contributed by atoms with Crippen LogP contribution in [0.5, 0.6) is 0 Å². The van der Waals surface area contributed by atoms with Crippen LogP contribution in [0.1, 0.15) is 25.5 Å². The number of hydrogen-bond donors (Lipinski definition) is 2. The standard InChI is InChI=1S/C10H17N3O4S/c1-7(2)6-18(16,17)12-9(10(14)15)8-4-11-13(3)5-8/h4-5,7,9,12H,6H2,1-3H3,(H,14,15). The van der Waals surface area contributed by atoms with Gasteiger partial charge in [-0.25, -0.2) is 8.42 Å². The van der Waals surface area contributed by atoms with Gasteiger partial charge in [0.1, 0.15) is 6.04 Å². The zero-order chi connectivity index (χ0) is 13.9. The third-order valence-corrected chi connectivity index (χ3v) is 3.86. The summed E-state index contributed by atoms with van der Waals surface area (Å²) in [6.45, 7) is 3.50. The Bertz CT molecular complexity index is 521. The second-order valence-electron chi connectivity index (χ2n) is 4.51. The summed E-state index contributed by atoms with van der Waals surface area (Å²) in [5.74, 6) is -1.45. The summed E-state index contributed by atoms with van der Waals surface area (Å²) in [6.07, 6.45) is 2.80. The molecule has 0 aliphatic rings. The zero-order valence-electron chi connectivity index (χ0n) is 10.5. The van der Waals surface area contributed by atoms with Crippen molar-refractivity contribution in [3.05, 3.63) is 18.0 Å². The summed E-state index contributed by atoms with van der Waals surface area (Å²) in [4.78, 5) is 11.1. The molecule has 0 saturated carbocycles. The Morgan fingerprint density at radius 3 is 2.56 bits per heavy atom. The molecule has 2 N–H and O–H groups in total. The van der Waals surface area contributed by atoms with Crippen molar-refractivity contribution in [3.8, 4) is 0 Å². The fourth-order valence-electron chi connectivity index (χ4n) is 1.52. The first kappa shape index (κ1) is 14.7. The number of carboxylic acids is 1. The van der Waals surface area contributed by atoms with Crippen LogP contribution in [0.25, 0.3) is 0 Å². The molecule has 1 aromatic rings. The van der Waals surface area contributed by atoms with Crippen molar-refractivity contribution in [1.82, 2.24) is 14.5 Å². The highest BCUT2D eigenvalue weighted by atomic mass is 32.2. The Morgan fingerprint density at radius 1 is 1.56 bits per heavy atom. The van der Waals surface area contributed by atoms with E-state index in [2.05, 4.69) is 9.82 Å². The van der Waals surface area contributed by atoms with Gasteiger partial charge in [-0.1, -0.05) is 13.8 Å². The van der Waals surface area contributed by atoms with Gasteiger partial charge in [-0.3, -0.25) is 9.48 Å². The maximum absolute atomic E-state index is 11.7. The quantitative estimate of drug-likeness (QED) is 0.768. The van der Waals surface area contributed by atoms with Crippen molar-refractivity contribution in [1.29, 1.82) is 0 Å². The largest absolute Gasteiger partial charge is 0.480 e. The van der Waals surface area contributed by atoms with Crippen LogP contribution in [0, 0.1) is 5.92 Å². The van der Waals surface area contributed by atoms with Gasteiger partial charge in [0.15, 0.2) is 0 Å². The number of aromatic nitrogens is 2. The number of carboxylic acid groups (broad SMARTS) is 1. The maximum Gasteiger partial charge on any atom is 0.326 e. The summed E-state index contributed by atoms with van der Waals surface area (Å²) in [5.41, 5.74) is 0.303. The molecule has 102 valence electrons. The number of hydrogen-bond acceptors (Lipinski definition) is 4.